The van der Waals surface area contributed by atoms with Crippen molar-refractivity contribution < 1.29 is 0 Å². The normalized spacial score (nSPS) is 11.1. The van der Waals surface area contributed by atoms with Gasteiger partial charge >= 0.3 is 0 Å². The first-order chi connectivity index (χ1) is 17.7. The minimum atomic E-state index is 0.728. The van der Waals surface area contributed by atoms with Gasteiger partial charge in [0.05, 0.1) is 24.5 Å². The van der Waals surface area contributed by atoms with E-state index in [0.29, 0.717) is 0 Å². The lowest BCUT2D eigenvalue weighted by Crippen LogP contribution is -2.24. The number of nitrogens with zero attached hydrogens (tertiary/aromatic N) is 4. The van der Waals surface area contributed by atoms with Gasteiger partial charge in [0.25, 0.3) is 0 Å². The van der Waals surface area contributed by atoms with Crippen molar-refractivity contribution in [3.8, 4) is 0 Å². The monoisotopic (exact) mass is 476 g/mol. The fourth-order valence-corrected chi connectivity index (χ4v) is 4.31. The van der Waals surface area contributed by atoms with Gasteiger partial charge in [-0.15, -0.1) is 0 Å². The maximum atomic E-state index is 4.53. The Morgan fingerprint density at radius 3 is 1.39 bits per heavy atom. The molecule has 4 aromatic rings. The molecule has 0 aliphatic carbocycles. The molecule has 0 saturated heterocycles. The molecule has 4 rings (SSSR count). The molecule has 4 heteroatoms. The zero-order chi connectivity index (χ0) is 25.0. The molecule has 0 aliphatic heterocycles. The number of aromatic nitrogens is 2. The summed E-state index contributed by atoms with van der Waals surface area (Å²) in [5.41, 5.74) is 6.93. The van der Waals surface area contributed by atoms with E-state index < -0.39 is 0 Å². The molecule has 0 unspecified atom stereocenters. The third-order valence-electron chi connectivity index (χ3n) is 6.13. The fourth-order valence-electron chi connectivity index (χ4n) is 4.31. The van der Waals surface area contributed by atoms with Crippen LogP contribution in [0.1, 0.15) is 49.2 Å². The number of anilines is 2. The lowest BCUT2D eigenvalue weighted by molar-refractivity contribution is 0.745. The molecule has 0 amide bonds. The number of hydrogen-bond acceptors (Lipinski definition) is 4. The van der Waals surface area contributed by atoms with Crippen molar-refractivity contribution in [2.24, 2.45) is 0 Å². The Kier molecular flexibility index (Phi) is 9.26. The van der Waals surface area contributed by atoms with E-state index in [4.69, 9.17) is 0 Å². The van der Waals surface area contributed by atoms with Gasteiger partial charge in [0.2, 0.25) is 0 Å². The van der Waals surface area contributed by atoms with Crippen molar-refractivity contribution in [1.82, 2.24) is 9.97 Å². The molecule has 0 aliphatic rings. The minimum Gasteiger partial charge on any atom is -0.372 e. The predicted octanol–water partition coefficient (Wildman–Crippen LogP) is 7.48. The maximum Gasteiger partial charge on any atom is 0.0606 e. The van der Waals surface area contributed by atoms with Crippen LogP contribution < -0.4 is 9.80 Å². The van der Waals surface area contributed by atoms with E-state index in [9.17, 15) is 0 Å². The van der Waals surface area contributed by atoms with E-state index >= 15 is 0 Å². The smallest absolute Gasteiger partial charge is 0.0606 e. The van der Waals surface area contributed by atoms with Gasteiger partial charge in [0.15, 0.2) is 0 Å². The topological polar surface area (TPSA) is 32.3 Å². The summed E-state index contributed by atoms with van der Waals surface area (Å²) in [6, 6.07) is 29.7. The van der Waals surface area contributed by atoms with E-state index in [-0.39, 0.29) is 0 Å². The van der Waals surface area contributed by atoms with E-state index in [1.807, 2.05) is 36.7 Å². The average Bonchev–Trinajstić information content (AvgIpc) is 2.93. The zero-order valence-electron chi connectivity index (χ0n) is 21.4. The summed E-state index contributed by atoms with van der Waals surface area (Å²) in [5.74, 6) is 0. The fraction of sp³-hybridized carbons (Fsp3) is 0.250. The molecule has 0 N–H and O–H groups in total. The summed E-state index contributed by atoms with van der Waals surface area (Å²) in [6.07, 6.45) is 10.4. The molecule has 4 nitrogen and oxygen atoms in total. The molecule has 2 heterocycles. The molecular formula is C32H36N4. The molecular weight excluding hydrogens is 440 g/mol. The highest BCUT2D eigenvalue weighted by Crippen LogP contribution is 2.22. The van der Waals surface area contributed by atoms with Gasteiger partial charge in [0.1, 0.15) is 0 Å². The third-order valence-corrected chi connectivity index (χ3v) is 6.13. The Hall–Kier alpha value is -3.92. The number of pyridine rings is 2. The summed E-state index contributed by atoms with van der Waals surface area (Å²) < 4.78 is 0. The van der Waals surface area contributed by atoms with Crippen LogP contribution in [0.15, 0.2) is 97.3 Å². The third kappa shape index (κ3) is 7.29. The molecule has 2 aromatic heterocycles. The predicted molar refractivity (Wildman–Crippen MR) is 153 cm³/mol. The summed E-state index contributed by atoms with van der Waals surface area (Å²) in [7, 11) is 0. The molecule has 0 saturated carbocycles. The van der Waals surface area contributed by atoms with E-state index in [0.717, 1.165) is 43.3 Å². The van der Waals surface area contributed by atoms with Crippen molar-refractivity contribution in [3.05, 3.63) is 120 Å². The highest BCUT2D eigenvalue weighted by atomic mass is 15.1. The Labute approximate surface area is 216 Å². The van der Waals surface area contributed by atoms with Crippen LogP contribution in [0.2, 0.25) is 0 Å². The Morgan fingerprint density at radius 1 is 0.556 bits per heavy atom. The highest BCUT2D eigenvalue weighted by molar-refractivity contribution is 5.71. The van der Waals surface area contributed by atoms with Gasteiger partial charge < -0.3 is 9.80 Å². The van der Waals surface area contributed by atoms with Crippen molar-refractivity contribution in [1.29, 1.82) is 0 Å². The lowest BCUT2D eigenvalue weighted by Gasteiger charge is -2.24. The Bertz CT molecular complexity index is 1140. The second-order valence-corrected chi connectivity index (χ2v) is 9.00. The molecule has 36 heavy (non-hydrogen) atoms. The van der Waals surface area contributed by atoms with Crippen LogP contribution >= 0.6 is 0 Å². The molecule has 0 radical (unpaired) electrons. The van der Waals surface area contributed by atoms with Crippen LogP contribution in [-0.2, 0) is 13.1 Å². The van der Waals surface area contributed by atoms with Crippen LogP contribution in [0, 0.1) is 0 Å². The van der Waals surface area contributed by atoms with Crippen LogP contribution in [0.25, 0.3) is 12.2 Å². The quantitative estimate of drug-likeness (QED) is 0.198. The first-order valence-electron chi connectivity index (χ1n) is 12.9. The first-order valence-corrected chi connectivity index (χ1v) is 12.9. The Morgan fingerprint density at radius 2 is 1.00 bits per heavy atom. The SMILES string of the molecule is CCCN(CCC)c1ccc(/C=C/c2ccc(N(Cc3ccccn3)Cc3ccccn3)cc2)cc1. The van der Waals surface area contributed by atoms with Crippen LogP contribution in [0.3, 0.4) is 0 Å². The molecule has 2 aromatic carbocycles. The summed E-state index contributed by atoms with van der Waals surface area (Å²) in [4.78, 5) is 13.8. The van der Waals surface area contributed by atoms with Crippen molar-refractivity contribution in [2.45, 2.75) is 39.8 Å². The van der Waals surface area contributed by atoms with Crippen molar-refractivity contribution in [2.75, 3.05) is 22.9 Å². The number of hydrogen-bond donors (Lipinski definition) is 0. The van der Waals surface area contributed by atoms with Crippen molar-refractivity contribution >= 4 is 23.5 Å². The van der Waals surface area contributed by atoms with Gasteiger partial charge in [-0.25, -0.2) is 0 Å². The largest absolute Gasteiger partial charge is 0.372 e. The first kappa shape index (κ1) is 25.2. The van der Waals surface area contributed by atoms with Gasteiger partial charge in [-0.05, 0) is 72.5 Å². The lowest BCUT2D eigenvalue weighted by atomic mass is 10.1. The Balaban J connectivity index is 1.46. The second-order valence-electron chi connectivity index (χ2n) is 9.00. The van der Waals surface area contributed by atoms with Gasteiger partial charge in [-0.2, -0.15) is 0 Å². The van der Waals surface area contributed by atoms with E-state index in [1.165, 1.54) is 29.7 Å². The maximum absolute atomic E-state index is 4.53. The molecule has 0 fully saturated rings. The molecule has 0 spiro atoms. The van der Waals surface area contributed by atoms with E-state index in [2.05, 4.69) is 106 Å². The van der Waals surface area contributed by atoms with Gasteiger partial charge in [0, 0.05) is 36.9 Å². The molecule has 0 atom stereocenters. The average molecular weight is 477 g/mol. The summed E-state index contributed by atoms with van der Waals surface area (Å²) in [6.45, 7) is 8.14. The van der Waals surface area contributed by atoms with Crippen LogP contribution in [0.5, 0.6) is 0 Å². The van der Waals surface area contributed by atoms with Gasteiger partial charge in [-0.1, -0.05) is 62.4 Å². The highest BCUT2D eigenvalue weighted by Gasteiger charge is 2.10. The van der Waals surface area contributed by atoms with E-state index in [1.54, 1.807) is 0 Å². The minimum absolute atomic E-state index is 0.728. The number of benzene rings is 2. The molecule has 0 bridgehead atoms. The molecule has 184 valence electrons. The van der Waals surface area contributed by atoms with Crippen molar-refractivity contribution in [3.63, 3.8) is 0 Å². The van der Waals surface area contributed by atoms with Crippen LogP contribution in [0.4, 0.5) is 11.4 Å². The standard InChI is InChI=1S/C32H36N4/c1-3-23-35(24-4-2)31-17-13-27(14-18-31)11-12-28-15-19-32(20-16-28)36(25-29-9-5-7-21-33-29)26-30-10-6-8-22-34-30/h5-22H,3-4,23-26H2,1-2H3/b12-11+. The summed E-state index contributed by atoms with van der Waals surface area (Å²) in [5, 5.41) is 0. The van der Waals surface area contributed by atoms with Crippen LogP contribution in [-0.4, -0.2) is 23.1 Å². The van der Waals surface area contributed by atoms with Gasteiger partial charge in [-0.3, -0.25) is 9.97 Å². The second kappa shape index (κ2) is 13.2. The summed E-state index contributed by atoms with van der Waals surface area (Å²) >= 11 is 0. The number of rotatable bonds is 12. The zero-order valence-corrected chi connectivity index (χ0v) is 21.4.